The average molecular weight is 302 g/mol. The highest BCUT2D eigenvalue weighted by Crippen LogP contribution is 2.04. The van der Waals surface area contributed by atoms with Gasteiger partial charge in [-0.2, -0.15) is 0 Å². The Bertz CT molecular complexity index is 348. The van der Waals surface area contributed by atoms with Crippen LogP contribution < -0.4 is 0 Å². The molecule has 0 aromatic heterocycles. The van der Waals surface area contributed by atoms with Gasteiger partial charge in [0.1, 0.15) is 0 Å². The molecule has 0 amide bonds. The normalized spacial score (nSPS) is 11.0. The molecule has 0 fully saturated rings. The van der Waals surface area contributed by atoms with Crippen molar-refractivity contribution in [1.29, 1.82) is 0 Å². The molecular weight excluding hydrogens is 276 g/mol. The Morgan fingerprint density at radius 1 is 1.14 bits per heavy atom. The Balaban J connectivity index is 0. The van der Waals surface area contributed by atoms with E-state index in [9.17, 15) is 9.59 Å². The largest absolute Gasteiger partial charge is 0.478 e. The Morgan fingerprint density at radius 2 is 1.71 bits per heavy atom. The number of aliphatic carboxylic acids is 2. The van der Waals surface area contributed by atoms with Crippen LogP contribution in [0.4, 0.5) is 0 Å². The number of carboxylic acid groups (broad SMARTS) is 2. The van der Waals surface area contributed by atoms with Gasteiger partial charge in [-0.15, -0.1) is 0 Å². The van der Waals surface area contributed by atoms with Crippen molar-refractivity contribution in [3.63, 3.8) is 0 Å². The van der Waals surface area contributed by atoms with Crippen molar-refractivity contribution in [2.75, 3.05) is 20.3 Å². The number of rotatable bonds is 10. The summed E-state index contributed by atoms with van der Waals surface area (Å²) in [7, 11) is 1.52. The molecule has 0 aliphatic carbocycles. The average Bonchev–Trinajstić information content (AvgIpc) is 2.44. The van der Waals surface area contributed by atoms with Crippen LogP contribution in [-0.2, 0) is 19.1 Å². The van der Waals surface area contributed by atoms with Gasteiger partial charge in [0.05, 0.1) is 18.3 Å². The first-order valence-corrected chi connectivity index (χ1v) is 6.71. The van der Waals surface area contributed by atoms with Crippen molar-refractivity contribution in [1.82, 2.24) is 0 Å². The van der Waals surface area contributed by atoms with Crippen LogP contribution in [0, 0.1) is 0 Å². The highest BCUT2D eigenvalue weighted by atomic mass is 16.5. The van der Waals surface area contributed by atoms with E-state index < -0.39 is 11.9 Å². The molecule has 2 N–H and O–H groups in total. The monoisotopic (exact) mass is 302 g/mol. The second-order valence-corrected chi connectivity index (χ2v) is 4.35. The molecule has 0 aliphatic heterocycles. The highest BCUT2D eigenvalue weighted by molar-refractivity contribution is 5.86. The molecule has 1 unspecified atom stereocenters. The predicted octanol–water partition coefficient (Wildman–Crippen LogP) is 2.50. The fourth-order valence-electron chi connectivity index (χ4n) is 1.01. The van der Waals surface area contributed by atoms with E-state index in [4.69, 9.17) is 14.9 Å². The van der Waals surface area contributed by atoms with Crippen LogP contribution in [0.15, 0.2) is 24.3 Å². The second-order valence-electron chi connectivity index (χ2n) is 4.35. The van der Waals surface area contributed by atoms with E-state index in [1.54, 1.807) is 6.92 Å². The van der Waals surface area contributed by atoms with E-state index in [1.165, 1.54) is 7.11 Å². The van der Waals surface area contributed by atoms with Gasteiger partial charge in [0.15, 0.2) is 0 Å². The summed E-state index contributed by atoms with van der Waals surface area (Å²) in [6, 6.07) is 0. The SMILES string of the molecule is C=C(C(=O)O)C(C)OCCCC.C=C(CCOC)C(=O)O. The molecule has 0 heterocycles. The Labute approximate surface area is 126 Å². The minimum atomic E-state index is -0.987. The molecule has 21 heavy (non-hydrogen) atoms. The van der Waals surface area contributed by atoms with Gasteiger partial charge in [-0.3, -0.25) is 0 Å². The summed E-state index contributed by atoms with van der Waals surface area (Å²) in [6.45, 7) is 11.5. The number of carbonyl (C=O) groups is 2. The van der Waals surface area contributed by atoms with Gasteiger partial charge in [0.25, 0.3) is 0 Å². The van der Waals surface area contributed by atoms with E-state index in [0.29, 0.717) is 19.6 Å². The summed E-state index contributed by atoms with van der Waals surface area (Å²) in [5.41, 5.74) is 0.308. The summed E-state index contributed by atoms with van der Waals surface area (Å²) in [6.07, 6.45) is 2.02. The topological polar surface area (TPSA) is 93.1 Å². The van der Waals surface area contributed by atoms with Crippen molar-refractivity contribution >= 4 is 11.9 Å². The quantitative estimate of drug-likeness (QED) is 0.476. The standard InChI is InChI=1S/C9H16O3.C6H10O3/c1-4-5-6-12-8(3)7(2)9(10)11;1-5(6(7)8)3-4-9-2/h8H,2,4-6H2,1,3H3,(H,10,11);1,3-4H2,2H3,(H,7,8). The van der Waals surface area contributed by atoms with Gasteiger partial charge in [-0.25, -0.2) is 9.59 Å². The second kappa shape index (κ2) is 13.3. The first-order valence-electron chi connectivity index (χ1n) is 6.71. The zero-order valence-electron chi connectivity index (χ0n) is 13.1. The molecule has 0 saturated carbocycles. The number of hydrogen-bond donors (Lipinski definition) is 2. The zero-order chi connectivity index (χ0) is 16.8. The molecule has 0 radical (unpaired) electrons. The van der Waals surface area contributed by atoms with Crippen LogP contribution in [0.2, 0.25) is 0 Å². The molecule has 122 valence electrons. The third-order valence-corrected chi connectivity index (χ3v) is 2.54. The van der Waals surface area contributed by atoms with E-state index in [2.05, 4.69) is 24.8 Å². The molecule has 0 rings (SSSR count). The Kier molecular flexibility index (Phi) is 13.7. The van der Waals surface area contributed by atoms with Crippen LogP contribution in [0.25, 0.3) is 0 Å². The molecule has 0 spiro atoms. The van der Waals surface area contributed by atoms with Crippen molar-refractivity contribution in [3.05, 3.63) is 24.3 Å². The molecule has 6 nitrogen and oxygen atoms in total. The Morgan fingerprint density at radius 3 is 2.10 bits per heavy atom. The highest BCUT2D eigenvalue weighted by Gasteiger charge is 2.12. The van der Waals surface area contributed by atoms with Crippen LogP contribution in [0.5, 0.6) is 0 Å². The first-order chi connectivity index (χ1) is 9.77. The van der Waals surface area contributed by atoms with Gasteiger partial charge in [0.2, 0.25) is 0 Å². The van der Waals surface area contributed by atoms with E-state index in [0.717, 1.165) is 12.8 Å². The van der Waals surface area contributed by atoms with Crippen LogP contribution in [0.3, 0.4) is 0 Å². The lowest BCUT2D eigenvalue weighted by atomic mass is 10.2. The summed E-state index contributed by atoms with van der Waals surface area (Å²) in [5, 5.41) is 16.8. The molecule has 0 aliphatic rings. The minimum Gasteiger partial charge on any atom is -0.478 e. The summed E-state index contributed by atoms with van der Waals surface area (Å²) < 4.78 is 9.86. The van der Waals surface area contributed by atoms with Gasteiger partial charge < -0.3 is 19.7 Å². The maximum Gasteiger partial charge on any atom is 0.333 e. The van der Waals surface area contributed by atoms with Gasteiger partial charge in [-0.1, -0.05) is 26.5 Å². The lowest BCUT2D eigenvalue weighted by molar-refractivity contribution is -0.134. The van der Waals surface area contributed by atoms with Crippen LogP contribution in [-0.4, -0.2) is 48.6 Å². The maximum absolute atomic E-state index is 10.4. The van der Waals surface area contributed by atoms with Gasteiger partial charge in [0, 0.05) is 25.7 Å². The number of ether oxygens (including phenoxy) is 2. The fraction of sp³-hybridized carbons (Fsp3) is 0.600. The minimum absolute atomic E-state index is 0.117. The third-order valence-electron chi connectivity index (χ3n) is 2.54. The number of carboxylic acids is 2. The van der Waals surface area contributed by atoms with Gasteiger partial charge >= 0.3 is 11.9 Å². The maximum atomic E-state index is 10.4. The molecule has 0 aromatic rings. The van der Waals surface area contributed by atoms with Crippen molar-refractivity contribution < 1.29 is 29.3 Å². The van der Waals surface area contributed by atoms with E-state index in [-0.39, 0.29) is 17.3 Å². The molecule has 0 bridgehead atoms. The third kappa shape index (κ3) is 13.1. The molecular formula is C15H26O6. The molecule has 0 saturated heterocycles. The van der Waals surface area contributed by atoms with Gasteiger partial charge in [-0.05, 0) is 13.3 Å². The first kappa shape index (κ1) is 21.6. The number of hydrogen-bond acceptors (Lipinski definition) is 4. The lowest BCUT2D eigenvalue weighted by Gasteiger charge is -2.11. The predicted molar refractivity (Wildman–Crippen MR) is 80.4 cm³/mol. The Hall–Kier alpha value is -1.66. The summed E-state index contributed by atoms with van der Waals surface area (Å²) in [5.74, 6) is -1.94. The van der Waals surface area contributed by atoms with E-state index in [1.807, 2.05) is 0 Å². The van der Waals surface area contributed by atoms with Crippen molar-refractivity contribution in [2.24, 2.45) is 0 Å². The molecule has 0 aromatic carbocycles. The van der Waals surface area contributed by atoms with E-state index >= 15 is 0 Å². The van der Waals surface area contributed by atoms with Crippen molar-refractivity contribution in [2.45, 2.75) is 39.2 Å². The number of methoxy groups -OCH3 is 1. The summed E-state index contributed by atoms with van der Waals surface area (Å²) in [4.78, 5) is 20.4. The lowest BCUT2D eigenvalue weighted by Crippen LogP contribution is -2.17. The van der Waals surface area contributed by atoms with Crippen LogP contribution >= 0.6 is 0 Å². The van der Waals surface area contributed by atoms with Crippen molar-refractivity contribution in [3.8, 4) is 0 Å². The summed E-state index contributed by atoms with van der Waals surface area (Å²) >= 11 is 0. The molecule has 6 heteroatoms. The smallest absolute Gasteiger partial charge is 0.333 e. The number of unbranched alkanes of at least 4 members (excludes halogenated alkanes) is 1. The van der Waals surface area contributed by atoms with Crippen LogP contribution in [0.1, 0.15) is 33.1 Å². The molecule has 1 atom stereocenters. The zero-order valence-corrected chi connectivity index (χ0v) is 13.1. The fourth-order valence-corrected chi connectivity index (χ4v) is 1.01.